The minimum Gasteiger partial charge on any atom is -0.343 e. The summed E-state index contributed by atoms with van der Waals surface area (Å²) in [5, 5.41) is 7.79. The van der Waals surface area contributed by atoms with Gasteiger partial charge in [-0.1, -0.05) is 30.3 Å². The first-order valence-electron chi connectivity index (χ1n) is 11.8. The molecule has 2 aromatic carbocycles. The van der Waals surface area contributed by atoms with Crippen molar-refractivity contribution >= 4 is 5.91 Å². The van der Waals surface area contributed by atoms with Gasteiger partial charge < -0.3 is 10.2 Å². The van der Waals surface area contributed by atoms with Crippen LogP contribution in [0.1, 0.15) is 39.8 Å². The zero-order valence-electron chi connectivity index (χ0n) is 19.3. The van der Waals surface area contributed by atoms with Gasteiger partial charge in [-0.05, 0) is 44.0 Å². The Labute approximate surface area is 198 Å². The van der Waals surface area contributed by atoms with E-state index in [-0.39, 0.29) is 11.9 Å². The maximum absolute atomic E-state index is 13.9. The summed E-state index contributed by atoms with van der Waals surface area (Å²) >= 11 is 0. The van der Waals surface area contributed by atoms with Crippen LogP contribution in [0.2, 0.25) is 0 Å². The van der Waals surface area contributed by atoms with Gasteiger partial charge in [0.25, 0.3) is 5.91 Å². The van der Waals surface area contributed by atoms with Gasteiger partial charge in [0, 0.05) is 50.0 Å². The smallest absolute Gasteiger partial charge is 0.272 e. The molecule has 6 nitrogen and oxygen atoms in total. The molecule has 0 radical (unpaired) electrons. The highest BCUT2D eigenvalue weighted by Gasteiger charge is 2.29. The standard InChI is InChI=1S/C26H29F2N5O/c1-31-12-14-32(15-13-31)17-23(18-6-3-2-4-7-18)29-26(34)25-20-8-5-9-24(20)33(30-25)19-10-11-21(27)22(28)16-19/h2-4,6-7,10-11,16,23H,5,8-9,12-15,17H2,1H3,(H,29,34). The average molecular weight is 466 g/mol. The van der Waals surface area contributed by atoms with Crippen LogP contribution >= 0.6 is 0 Å². The Kier molecular flexibility index (Phi) is 6.43. The van der Waals surface area contributed by atoms with Gasteiger partial charge in [-0.3, -0.25) is 9.69 Å². The van der Waals surface area contributed by atoms with Crippen molar-refractivity contribution in [2.45, 2.75) is 25.3 Å². The predicted octanol–water partition coefficient (Wildman–Crippen LogP) is 3.36. The van der Waals surface area contributed by atoms with Crippen molar-refractivity contribution in [2.24, 2.45) is 0 Å². The van der Waals surface area contributed by atoms with Crippen molar-refractivity contribution in [3.63, 3.8) is 0 Å². The number of likely N-dealkylation sites (N-methyl/N-ethyl adjacent to an activating group) is 1. The van der Waals surface area contributed by atoms with Gasteiger partial charge in [0.05, 0.1) is 11.7 Å². The molecule has 178 valence electrons. The van der Waals surface area contributed by atoms with E-state index in [1.54, 1.807) is 4.68 Å². The summed E-state index contributed by atoms with van der Waals surface area (Å²) in [6.45, 7) is 4.63. The van der Waals surface area contributed by atoms with Gasteiger partial charge in [-0.15, -0.1) is 0 Å². The molecular formula is C26H29F2N5O. The van der Waals surface area contributed by atoms with E-state index in [4.69, 9.17) is 0 Å². The lowest BCUT2D eigenvalue weighted by Gasteiger charge is -2.35. The fourth-order valence-corrected chi connectivity index (χ4v) is 4.89. The minimum atomic E-state index is -0.929. The van der Waals surface area contributed by atoms with E-state index >= 15 is 0 Å². The van der Waals surface area contributed by atoms with E-state index in [0.29, 0.717) is 11.4 Å². The van der Waals surface area contributed by atoms with Crippen LogP contribution in [-0.2, 0) is 12.8 Å². The highest BCUT2D eigenvalue weighted by molar-refractivity contribution is 5.94. The van der Waals surface area contributed by atoms with E-state index in [1.165, 1.54) is 6.07 Å². The molecule has 2 heterocycles. The maximum Gasteiger partial charge on any atom is 0.272 e. The van der Waals surface area contributed by atoms with Gasteiger partial charge >= 0.3 is 0 Å². The second-order valence-corrected chi connectivity index (χ2v) is 9.18. The Morgan fingerprint density at radius 2 is 1.79 bits per heavy atom. The van der Waals surface area contributed by atoms with E-state index in [9.17, 15) is 13.6 Å². The lowest BCUT2D eigenvalue weighted by molar-refractivity contribution is 0.0901. The summed E-state index contributed by atoms with van der Waals surface area (Å²) in [5.41, 5.74) is 3.64. The minimum absolute atomic E-state index is 0.178. The molecule has 1 unspecified atom stereocenters. The molecule has 1 aliphatic carbocycles. The molecule has 2 aliphatic rings. The highest BCUT2D eigenvalue weighted by Crippen LogP contribution is 2.29. The molecular weight excluding hydrogens is 436 g/mol. The zero-order chi connectivity index (χ0) is 23.7. The second-order valence-electron chi connectivity index (χ2n) is 9.18. The Hall–Kier alpha value is -3.10. The number of hydrogen-bond donors (Lipinski definition) is 1. The van der Waals surface area contributed by atoms with Crippen LogP contribution in [-0.4, -0.2) is 65.3 Å². The van der Waals surface area contributed by atoms with Crippen LogP contribution in [0.5, 0.6) is 0 Å². The fraction of sp³-hybridized carbons (Fsp3) is 0.385. The number of carbonyl (C=O) groups excluding carboxylic acids is 1. The average Bonchev–Trinajstić information content (AvgIpc) is 3.45. The third kappa shape index (κ3) is 4.60. The number of nitrogens with one attached hydrogen (secondary N) is 1. The SMILES string of the molecule is CN1CCN(CC(NC(=O)c2nn(-c3ccc(F)c(F)c3)c3c2CCC3)c2ccccc2)CC1. The molecule has 1 fully saturated rings. The first-order valence-corrected chi connectivity index (χ1v) is 11.8. The monoisotopic (exact) mass is 465 g/mol. The fourth-order valence-electron chi connectivity index (χ4n) is 4.89. The molecule has 1 aromatic heterocycles. The lowest BCUT2D eigenvalue weighted by Crippen LogP contribution is -2.48. The number of carbonyl (C=O) groups is 1. The molecule has 0 saturated carbocycles. The van der Waals surface area contributed by atoms with Crippen molar-refractivity contribution in [3.05, 3.63) is 82.7 Å². The molecule has 1 atom stereocenters. The van der Waals surface area contributed by atoms with Gasteiger partial charge in [0.1, 0.15) is 0 Å². The van der Waals surface area contributed by atoms with Crippen LogP contribution in [0.25, 0.3) is 5.69 Å². The summed E-state index contributed by atoms with van der Waals surface area (Å²) in [4.78, 5) is 18.2. The summed E-state index contributed by atoms with van der Waals surface area (Å²) in [6, 6.07) is 13.5. The van der Waals surface area contributed by atoms with Crippen LogP contribution in [0.3, 0.4) is 0 Å². The molecule has 1 aliphatic heterocycles. The van der Waals surface area contributed by atoms with Gasteiger partial charge in [-0.2, -0.15) is 5.10 Å². The van der Waals surface area contributed by atoms with E-state index in [1.807, 2.05) is 30.3 Å². The van der Waals surface area contributed by atoms with Gasteiger partial charge in [-0.25, -0.2) is 13.5 Å². The number of benzene rings is 2. The molecule has 1 saturated heterocycles. The number of nitrogens with zero attached hydrogens (tertiary/aromatic N) is 4. The Balaban J connectivity index is 1.42. The quantitative estimate of drug-likeness (QED) is 0.607. The molecule has 0 bridgehead atoms. The van der Waals surface area contributed by atoms with Crippen molar-refractivity contribution in [2.75, 3.05) is 39.8 Å². The van der Waals surface area contributed by atoms with Crippen LogP contribution in [0.4, 0.5) is 8.78 Å². The highest BCUT2D eigenvalue weighted by atomic mass is 19.2. The lowest BCUT2D eigenvalue weighted by atomic mass is 10.1. The van der Waals surface area contributed by atoms with Crippen molar-refractivity contribution < 1.29 is 13.6 Å². The number of piperazine rings is 1. The topological polar surface area (TPSA) is 53.4 Å². The number of aromatic nitrogens is 2. The summed E-state index contributed by atoms with van der Waals surface area (Å²) < 4.78 is 28.9. The van der Waals surface area contributed by atoms with Crippen molar-refractivity contribution in [3.8, 4) is 5.69 Å². The third-order valence-electron chi connectivity index (χ3n) is 6.84. The summed E-state index contributed by atoms with van der Waals surface area (Å²) in [5.74, 6) is -2.07. The first-order chi connectivity index (χ1) is 16.5. The molecule has 1 amide bonds. The van der Waals surface area contributed by atoms with E-state index in [2.05, 4.69) is 27.3 Å². The molecule has 1 N–H and O–H groups in total. The molecule has 8 heteroatoms. The Morgan fingerprint density at radius 1 is 1.03 bits per heavy atom. The van der Waals surface area contributed by atoms with Crippen LogP contribution < -0.4 is 5.32 Å². The molecule has 34 heavy (non-hydrogen) atoms. The van der Waals surface area contributed by atoms with Crippen molar-refractivity contribution in [1.82, 2.24) is 24.9 Å². The first kappa shape index (κ1) is 22.7. The molecule has 3 aromatic rings. The number of amides is 1. The summed E-state index contributed by atoms with van der Waals surface area (Å²) in [7, 11) is 2.12. The molecule has 0 spiro atoms. The van der Waals surface area contributed by atoms with Crippen molar-refractivity contribution in [1.29, 1.82) is 0 Å². The van der Waals surface area contributed by atoms with E-state index < -0.39 is 11.6 Å². The number of rotatable bonds is 6. The van der Waals surface area contributed by atoms with Crippen LogP contribution in [0.15, 0.2) is 48.5 Å². The maximum atomic E-state index is 13.9. The number of hydrogen-bond acceptors (Lipinski definition) is 4. The summed E-state index contributed by atoms with van der Waals surface area (Å²) in [6.07, 6.45) is 2.40. The predicted molar refractivity (Wildman–Crippen MR) is 126 cm³/mol. The normalized spacial score (nSPS) is 17.5. The third-order valence-corrected chi connectivity index (χ3v) is 6.84. The van der Waals surface area contributed by atoms with Gasteiger partial charge in [0.2, 0.25) is 0 Å². The zero-order valence-corrected chi connectivity index (χ0v) is 19.3. The molecule has 5 rings (SSSR count). The van der Waals surface area contributed by atoms with Crippen LogP contribution in [0, 0.1) is 11.6 Å². The second kappa shape index (κ2) is 9.64. The Morgan fingerprint density at radius 3 is 2.53 bits per heavy atom. The number of fused-ring (bicyclic) bond motifs is 1. The Bertz CT molecular complexity index is 1170. The van der Waals surface area contributed by atoms with Gasteiger partial charge in [0.15, 0.2) is 17.3 Å². The largest absolute Gasteiger partial charge is 0.343 e. The number of halogens is 2. The van der Waals surface area contributed by atoms with E-state index in [0.717, 1.165) is 80.9 Å².